The Bertz CT molecular complexity index is 474. The molecule has 0 aromatic rings. The summed E-state index contributed by atoms with van der Waals surface area (Å²) in [5, 5.41) is 13.1. The lowest BCUT2D eigenvalue weighted by molar-refractivity contribution is -0.107. The molecule has 162 valence electrons. The van der Waals surface area contributed by atoms with Crippen LogP contribution in [0.25, 0.3) is 0 Å². The van der Waals surface area contributed by atoms with E-state index in [1.807, 2.05) is 37.2 Å². The van der Waals surface area contributed by atoms with Crippen molar-refractivity contribution in [3.8, 4) is 0 Å². The van der Waals surface area contributed by atoms with Crippen LogP contribution in [0.5, 0.6) is 0 Å². The van der Waals surface area contributed by atoms with E-state index in [0.717, 1.165) is 56.1 Å². The summed E-state index contributed by atoms with van der Waals surface area (Å²) in [4.78, 5) is 24.0. The predicted octanol–water partition coefficient (Wildman–Crippen LogP) is 3.39. The fourth-order valence-corrected chi connectivity index (χ4v) is 2.25. The summed E-state index contributed by atoms with van der Waals surface area (Å²) in [6.45, 7) is 7.10. The Kier molecular flexibility index (Phi) is 21.3. The maximum atomic E-state index is 11.8. The molecule has 0 spiro atoms. The van der Waals surface area contributed by atoms with Crippen LogP contribution in [0.2, 0.25) is 0 Å². The summed E-state index contributed by atoms with van der Waals surface area (Å²) in [7, 11) is 5.38. The number of urea groups is 1. The molecule has 2 amide bonds. The summed E-state index contributed by atoms with van der Waals surface area (Å²) < 4.78 is 0. The van der Waals surface area contributed by atoms with Crippen LogP contribution in [0.15, 0.2) is 36.1 Å². The maximum Gasteiger partial charge on any atom is 0.315 e. The molecule has 0 aliphatic carbocycles. The van der Waals surface area contributed by atoms with Gasteiger partial charge in [0.25, 0.3) is 0 Å². The van der Waals surface area contributed by atoms with Gasteiger partial charge in [0.15, 0.2) is 0 Å². The molecule has 0 aliphatic heterocycles. The number of hydrogen-bond acceptors (Lipinski definition) is 5. The third-order valence-corrected chi connectivity index (χ3v) is 3.93. The third kappa shape index (κ3) is 18.7. The zero-order valence-electron chi connectivity index (χ0n) is 18.1. The lowest BCUT2D eigenvalue weighted by Crippen LogP contribution is -2.37. The molecule has 0 saturated carbocycles. The normalized spacial score (nSPS) is 11.2. The maximum absolute atomic E-state index is 11.8. The van der Waals surface area contributed by atoms with Gasteiger partial charge in [0.2, 0.25) is 0 Å². The van der Waals surface area contributed by atoms with Crippen molar-refractivity contribution in [1.29, 1.82) is 0 Å². The highest BCUT2D eigenvalue weighted by Crippen LogP contribution is 2.05. The van der Waals surface area contributed by atoms with Gasteiger partial charge in [0.1, 0.15) is 6.29 Å². The van der Waals surface area contributed by atoms with E-state index in [4.69, 9.17) is 5.21 Å². The summed E-state index contributed by atoms with van der Waals surface area (Å²) in [6.07, 6.45) is 13.6. The van der Waals surface area contributed by atoms with E-state index in [2.05, 4.69) is 24.1 Å². The molecule has 7 heteroatoms. The first-order chi connectivity index (χ1) is 13.5. The molecule has 0 bridgehead atoms. The van der Waals surface area contributed by atoms with Gasteiger partial charge in [-0.15, -0.1) is 0 Å². The van der Waals surface area contributed by atoms with Crippen molar-refractivity contribution in [3.63, 3.8) is 0 Å². The van der Waals surface area contributed by atoms with E-state index in [9.17, 15) is 9.59 Å². The zero-order chi connectivity index (χ0) is 21.6. The Morgan fingerprint density at radius 2 is 1.68 bits per heavy atom. The second-order valence-corrected chi connectivity index (χ2v) is 6.42. The first-order valence-electron chi connectivity index (χ1n) is 9.92. The van der Waals surface area contributed by atoms with Gasteiger partial charge in [-0.2, -0.15) is 0 Å². The van der Waals surface area contributed by atoms with Crippen LogP contribution in [0, 0.1) is 0 Å². The summed E-state index contributed by atoms with van der Waals surface area (Å²) >= 11 is 0. The predicted molar refractivity (Wildman–Crippen MR) is 116 cm³/mol. The molecule has 4 N–H and O–H groups in total. The first kappa shape index (κ1) is 28.1. The van der Waals surface area contributed by atoms with Crippen LogP contribution < -0.4 is 16.1 Å². The molecule has 0 saturated heterocycles. The molecule has 0 fully saturated rings. The van der Waals surface area contributed by atoms with Crippen LogP contribution in [0.3, 0.4) is 0 Å². The second-order valence-electron chi connectivity index (χ2n) is 6.42. The number of rotatable bonds is 14. The van der Waals surface area contributed by atoms with Gasteiger partial charge < -0.3 is 25.5 Å². The Labute approximate surface area is 170 Å². The van der Waals surface area contributed by atoms with E-state index >= 15 is 0 Å². The van der Waals surface area contributed by atoms with Crippen LogP contribution in [-0.2, 0) is 4.79 Å². The monoisotopic (exact) mass is 396 g/mol. The Morgan fingerprint density at radius 3 is 2.21 bits per heavy atom. The number of amides is 2. The van der Waals surface area contributed by atoms with Crippen molar-refractivity contribution in [2.45, 2.75) is 51.9 Å². The molecule has 7 nitrogen and oxygen atoms in total. The summed E-state index contributed by atoms with van der Waals surface area (Å²) in [5.74, 6) is 0. The fourth-order valence-electron chi connectivity index (χ4n) is 2.25. The highest BCUT2D eigenvalue weighted by Gasteiger charge is 2.01. The van der Waals surface area contributed by atoms with Gasteiger partial charge in [-0.3, -0.25) is 0 Å². The van der Waals surface area contributed by atoms with Crippen LogP contribution in [0.4, 0.5) is 4.79 Å². The molecule has 0 rings (SSSR count). The molecule has 0 atom stereocenters. The van der Waals surface area contributed by atoms with E-state index in [0.29, 0.717) is 19.5 Å². The molecular formula is C21H40N4O3. The van der Waals surface area contributed by atoms with Crippen molar-refractivity contribution in [3.05, 3.63) is 36.1 Å². The van der Waals surface area contributed by atoms with Crippen molar-refractivity contribution in [2.24, 2.45) is 0 Å². The summed E-state index contributed by atoms with van der Waals surface area (Å²) in [6, 6.07) is -0.124. The quantitative estimate of drug-likeness (QED) is 0.156. The zero-order valence-corrected chi connectivity index (χ0v) is 18.1. The Balaban J connectivity index is 0. The fraction of sp³-hybridized carbons (Fsp3) is 0.619. The SMILES string of the molecule is C=C/C(=C\C=C(/CC)CNC(=O)NCCCCCCCC=O)N(C)C.CNO. The summed E-state index contributed by atoms with van der Waals surface area (Å²) in [5.41, 5.74) is 3.94. The smallest absolute Gasteiger partial charge is 0.315 e. The average Bonchev–Trinajstić information content (AvgIpc) is 2.67. The van der Waals surface area contributed by atoms with Crippen LogP contribution in [-0.4, -0.2) is 56.7 Å². The number of nitrogens with zero attached hydrogens (tertiary/aromatic N) is 1. The van der Waals surface area contributed by atoms with Gasteiger partial charge >= 0.3 is 6.03 Å². The van der Waals surface area contributed by atoms with E-state index in [-0.39, 0.29) is 6.03 Å². The van der Waals surface area contributed by atoms with Gasteiger partial charge in [0.05, 0.1) is 0 Å². The molecule has 0 aromatic carbocycles. The lowest BCUT2D eigenvalue weighted by Gasteiger charge is -2.13. The largest absolute Gasteiger partial charge is 0.378 e. The minimum absolute atomic E-state index is 0.124. The van der Waals surface area contributed by atoms with Crippen LogP contribution in [0.1, 0.15) is 51.9 Å². The molecule has 0 radical (unpaired) electrons. The number of likely N-dealkylation sites (N-methyl/N-ethyl adjacent to an activating group) is 1. The van der Waals surface area contributed by atoms with Gasteiger partial charge in [-0.1, -0.05) is 44.4 Å². The highest BCUT2D eigenvalue weighted by atomic mass is 16.5. The lowest BCUT2D eigenvalue weighted by atomic mass is 10.1. The average molecular weight is 397 g/mol. The molecular weight excluding hydrogens is 356 g/mol. The Hall–Kier alpha value is -2.12. The first-order valence-corrected chi connectivity index (χ1v) is 9.92. The van der Waals surface area contributed by atoms with Gasteiger partial charge in [0, 0.05) is 46.4 Å². The van der Waals surface area contributed by atoms with Crippen molar-refractivity contribution < 1.29 is 14.8 Å². The highest BCUT2D eigenvalue weighted by molar-refractivity contribution is 5.74. The molecule has 0 unspecified atom stereocenters. The topological polar surface area (TPSA) is 93.7 Å². The number of nitrogens with one attached hydrogen (secondary N) is 3. The second kappa shape index (κ2) is 21.2. The number of hydroxylamine groups is 1. The van der Waals surface area contributed by atoms with Crippen LogP contribution >= 0.6 is 0 Å². The van der Waals surface area contributed by atoms with Crippen molar-refractivity contribution in [2.75, 3.05) is 34.2 Å². The van der Waals surface area contributed by atoms with Crippen molar-refractivity contribution >= 4 is 12.3 Å². The van der Waals surface area contributed by atoms with E-state index < -0.39 is 0 Å². The number of aldehydes is 1. The number of carbonyl (C=O) groups excluding carboxylic acids is 2. The number of carbonyl (C=O) groups is 2. The van der Waals surface area contributed by atoms with Crippen molar-refractivity contribution in [1.82, 2.24) is 21.0 Å². The molecule has 28 heavy (non-hydrogen) atoms. The third-order valence-electron chi connectivity index (χ3n) is 3.93. The molecule has 0 aromatic heterocycles. The number of unbranched alkanes of at least 4 members (excludes halogenated alkanes) is 5. The number of hydrogen-bond donors (Lipinski definition) is 4. The standard InChI is InChI=1S/C20H35N3O2.CH5NO/c1-5-18(13-14-19(6-2)23(3)4)17-22-20(25)21-15-11-9-7-8-10-12-16-24;1-2-3/h6,13-14,16H,2,5,7-12,15,17H2,1,3-4H3,(H2,21,22,25);2-3H,1H3/b18-13+,19-14+;. The molecule has 0 aliphatic rings. The minimum Gasteiger partial charge on any atom is -0.378 e. The van der Waals surface area contributed by atoms with Gasteiger partial charge in [-0.05, 0) is 31.4 Å². The molecule has 0 heterocycles. The Morgan fingerprint density at radius 1 is 1.07 bits per heavy atom. The van der Waals surface area contributed by atoms with E-state index in [1.165, 1.54) is 7.05 Å². The van der Waals surface area contributed by atoms with Gasteiger partial charge in [-0.25, -0.2) is 10.3 Å². The minimum atomic E-state index is -0.124. The number of allylic oxidation sites excluding steroid dienone is 3. The van der Waals surface area contributed by atoms with E-state index in [1.54, 1.807) is 5.48 Å².